The lowest BCUT2D eigenvalue weighted by molar-refractivity contribution is -0.191. The first kappa shape index (κ1) is 35.1. The van der Waals surface area contributed by atoms with Gasteiger partial charge in [0, 0.05) is 6.54 Å². The summed E-state index contributed by atoms with van der Waals surface area (Å²) in [5, 5.41) is 13.0. The number of hydrogen-bond acceptors (Lipinski definition) is 5. The number of carboxylic acids is 1. The van der Waals surface area contributed by atoms with E-state index in [4.69, 9.17) is 4.74 Å². The first-order valence-corrected chi connectivity index (χ1v) is 16.6. The van der Waals surface area contributed by atoms with Crippen molar-refractivity contribution in [3.05, 3.63) is 64.7 Å². The van der Waals surface area contributed by atoms with Gasteiger partial charge in [-0.25, -0.2) is 14.5 Å². The highest BCUT2D eigenvalue weighted by molar-refractivity contribution is 6.03. The maximum Gasteiger partial charge on any atom is 0.335 e. The maximum absolute atomic E-state index is 13.7. The van der Waals surface area contributed by atoms with Gasteiger partial charge in [0.05, 0.1) is 11.6 Å². The summed E-state index contributed by atoms with van der Waals surface area (Å²) in [5.41, 5.74) is 2.25. The molecule has 8 heteroatoms. The van der Waals surface area contributed by atoms with Crippen molar-refractivity contribution in [1.29, 1.82) is 0 Å². The Bertz CT molecular complexity index is 1230. The molecule has 0 radical (unpaired) electrons. The van der Waals surface area contributed by atoms with Crippen LogP contribution in [0.3, 0.4) is 0 Å². The highest BCUT2D eigenvalue weighted by atomic mass is 16.5. The maximum atomic E-state index is 13.7. The number of amides is 3. The minimum atomic E-state index is -0.977. The fourth-order valence-electron chi connectivity index (χ4n) is 6.09. The summed E-state index contributed by atoms with van der Waals surface area (Å²) in [6.07, 6.45) is 6.86. The number of imide groups is 1. The van der Waals surface area contributed by atoms with Crippen molar-refractivity contribution in [1.82, 2.24) is 15.1 Å². The van der Waals surface area contributed by atoms with Crippen molar-refractivity contribution < 1.29 is 24.2 Å². The Morgan fingerprint density at radius 3 is 2.14 bits per heavy atom. The Hall–Kier alpha value is -3.39. The number of nitrogens with one attached hydrogen (secondary N) is 1. The van der Waals surface area contributed by atoms with Crippen LogP contribution in [0.1, 0.15) is 119 Å². The first-order valence-electron chi connectivity index (χ1n) is 16.6. The van der Waals surface area contributed by atoms with E-state index in [9.17, 15) is 19.5 Å². The Morgan fingerprint density at radius 2 is 1.59 bits per heavy atom. The fraction of sp³-hybridized carbons (Fsp3) is 0.583. The molecule has 0 saturated carbocycles. The van der Waals surface area contributed by atoms with Crippen molar-refractivity contribution in [2.45, 2.75) is 112 Å². The van der Waals surface area contributed by atoms with Crippen molar-refractivity contribution in [3.63, 3.8) is 0 Å². The third kappa shape index (κ3) is 8.20. The molecule has 0 aromatic heterocycles. The van der Waals surface area contributed by atoms with Crippen LogP contribution in [0.25, 0.3) is 0 Å². The average Bonchev–Trinajstić information content (AvgIpc) is 3.01. The van der Waals surface area contributed by atoms with E-state index in [1.54, 1.807) is 18.2 Å². The molecule has 3 amide bonds. The van der Waals surface area contributed by atoms with Crippen LogP contribution in [-0.4, -0.2) is 58.7 Å². The number of ether oxygens (including phenoxy) is 1. The van der Waals surface area contributed by atoms with Gasteiger partial charge in [-0.3, -0.25) is 4.79 Å². The number of nitrogens with zero attached hydrogens (tertiary/aromatic N) is 2. The number of benzene rings is 2. The van der Waals surface area contributed by atoms with E-state index < -0.39 is 23.6 Å². The van der Waals surface area contributed by atoms with Crippen LogP contribution in [0.4, 0.5) is 4.79 Å². The number of urea groups is 1. The summed E-state index contributed by atoms with van der Waals surface area (Å²) >= 11 is 0. The summed E-state index contributed by atoms with van der Waals surface area (Å²) in [6, 6.07) is 12.4. The summed E-state index contributed by atoms with van der Waals surface area (Å²) < 4.78 is 6.46. The summed E-state index contributed by atoms with van der Waals surface area (Å²) in [6.45, 7) is 15.1. The second kappa shape index (κ2) is 16.6. The molecular formula is C36H53N3O5. The van der Waals surface area contributed by atoms with Gasteiger partial charge in [-0.15, -0.1) is 0 Å². The van der Waals surface area contributed by atoms with E-state index in [1.165, 1.54) is 4.90 Å². The lowest BCUT2D eigenvalue weighted by Gasteiger charge is -2.53. The van der Waals surface area contributed by atoms with E-state index in [1.807, 2.05) is 45.0 Å². The number of rotatable bonds is 18. The van der Waals surface area contributed by atoms with Gasteiger partial charge in [-0.05, 0) is 87.9 Å². The second-order valence-corrected chi connectivity index (χ2v) is 12.1. The Kier molecular flexibility index (Phi) is 13.3. The molecule has 0 aliphatic carbocycles. The molecular weight excluding hydrogens is 554 g/mol. The van der Waals surface area contributed by atoms with Crippen molar-refractivity contribution in [2.75, 3.05) is 19.6 Å². The molecule has 2 atom stereocenters. The number of aromatic carboxylic acids is 1. The van der Waals surface area contributed by atoms with E-state index in [0.717, 1.165) is 69.3 Å². The third-order valence-corrected chi connectivity index (χ3v) is 9.10. The van der Waals surface area contributed by atoms with Gasteiger partial charge in [0.2, 0.25) is 5.91 Å². The minimum Gasteiger partial charge on any atom is -0.478 e. The van der Waals surface area contributed by atoms with Crippen LogP contribution in [0.5, 0.6) is 5.75 Å². The van der Waals surface area contributed by atoms with Gasteiger partial charge in [0.1, 0.15) is 11.2 Å². The molecule has 2 aromatic carbocycles. The van der Waals surface area contributed by atoms with Gasteiger partial charge in [0.15, 0.2) is 6.23 Å². The van der Waals surface area contributed by atoms with E-state index in [-0.39, 0.29) is 17.5 Å². The smallest absolute Gasteiger partial charge is 0.335 e. The number of carbonyl (C=O) groups is 3. The summed E-state index contributed by atoms with van der Waals surface area (Å²) in [5.74, 6) is -0.757. The van der Waals surface area contributed by atoms with Crippen molar-refractivity contribution >= 4 is 17.9 Å². The van der Waals surface area contributed by atoms with Crippen LogP contribution in [0, 0.1) is 12.3 Å². The molecule has 1 aliphatic rings. The monoisotopic (exact) mass is 607 g/mol. The Labute approximate surface area is 264 Å². The van der Waals surface area contributed by atoms with Gasteiger partial charge in [0.25, 0.3) is 0 Å². The lowest BCUT2D eigenvalue weighted by Crippen LogP contribution is -2.73. The standard InChI is InChI=1S/C36H53N3O5/c1-7-12-22-38(23-13-8-2)24-21-28-25-29(19-20-30(28)32(40)41)44-34-36(10-4,11-5)33(42)39(34)35(43)37-31(14-9-3)27-17-15-26(6)16-18-27/h15-20,25,31,34H,7-14,21-24H2,1-6H3,(H,37,43)(H,40,41)/t31-,34-/m0/s1. The topological polar surface area (TPSA) is 99.2 Å². The number of β-lactam (4-membered cyclic amide) rings is 1. The average molecular weight is 608 g/mol. The quantitative estimate of drug-likeness (QED) is 0.168. The van der Waals surface area contributed by atoms with Crippen LogP contribution in [0.15, 0.2) is 42.5 Å². The first-order chi connectivity index (χ1) is 21.1. The highest BCUT2D eigenvalue weighted by Gasteiger charge is 2.63. The zero-order chi connectivity index (χ0) is 32.3. The van der Waals surface area contributed by atoms with Gasteiger partial charge >= 0.3 is 12.0 Å². The van der Waals surface area contributed by atoms with Crippen LogP contribution < -0.4 is 10.1 Å². The molecule has 0 bridgehead atoms. The number of carboxylic acid groups (broad SMARTS) is 1. The molecule has 1 fully saturated rings. The number of carbonyl (C=O) groups excluding carboxylic acids is 2. The molecule has 44 heavy (non-hydrogen) atoms. The largest absolute Gasteiger partial charge is 0.478 e. The van der Waals surface area contributed by atoms with Crippen LogP contribution >= 0.6 is 0 Å². The fourth-order valence-corrected chi connectivity index (χ4v) is 6.09. The lowest BCUT2D eigenvalue weighted by atomic mass is 9.72. The van der Waals surface area contributed by atoms with Gasteiger partial charge < -0.3 is 20.1 Å². The molecule has 2 N–H and O–H groups in total. The molecule has 242 valence electrons. The molecule has 1 aliphatic heterocycles. The van der Waals surface area contributed by atoms with Crippen molar-refractivity contribution in [2.24, 2.45) is 5.41 Å². The number of hydrogen-bond donors (Lipinski definition) is 2. The molecule has 1 heterocycles. The SMILES string of the molecule is CCCCN(CCCC)CCc1cc(O[C@@H]2N(C(=O)N[C@@H](CCC)c3ccc(C)cc3)C(=O)C2(CC)CC)ccc1C(=O)O. The molecule has 8 nitrogen and oxygen atoms in total. The summed E-state index contributed by atoms with van der Waals surface area (Å²) in [7, 11) is 0. The Balaban J connectivity index is 1.86. The number of unbranched alkanes of at least 4 members (excludes halogenated alkanes) is 2. The normalized spacial score (nSPS) is 16.5. The summed E-state index contributed by atoms with van der Waals surface area (Å²) in [4.78, 5) is 43.0. The van der Waals surface area contributed by atoms with Crippen molar-refractivity contribution in [3.8, 4) is 5.75 Å². The van der Waals surface area contributed by atoms with Crippen LogP contribution in [-0.2, 0) is 11.2 Å². The van der Waals surface area contributed by atoms with E-state index in [0.29, 0.717) is 30.6 Å². The third-order valence-electron chi connectivity index (χ3n) is 9.10. The van der Waals surface area contributed by atoms with Gasteiger partial charge in [-0.1, -0.05) is 83.7 Å². The van der Waals surface area contributed by atoms with E-state index >= 15 is 0 Å². The minimum absolute atomic E-state index is 0.232. The number of likely N-dealkylation sites (tertiary alicyclic amines) is 1. The molecule has 2 aromatic rings. The zero-order valence-corrected chi connectivity index (χ0v) is 27.7. The zero-order valence-electron chi connectivity index (χ0n) is 27.7. The highest BCUT2D eigenvalue weighted by Crippen LogP contribution is 2.46. The molecule has 3 rings (SSSR count). The molecule has 0 spiro atoms. The predicted octanol–water partition coefficient (Wildman–Crippen LogP) is 7.74. The molecule has 1 saturated heterocycles. The predicted molar refractivity (Wildman–Crippen MR) is 175 cm³/mol. The van der Waals surface area contributed by atoms with E-state index in [2.05, 4.69) is 31.0 Å². The Morgan fingerprint density at radius 1 is 0.955 bits per heavy atom. The van der Waals surface area contributed by atoms with Gasteiger partial charge in [-0.2, -0.15) is 0 Å². The second-order valence-electron chi connectivity index (χ2n) is 12.1. The van der Waals surface area contributed by atoms with Crippen LogP contribution in [0.2, 0.25) is 0 Å². The molecule has 0 unspecified atom stereocenters. The number of aryl methyl sites for hydroxylation is 1.